The first-order chi connectivity index (χ1) is 11.0. The van der Waals surface area contributed by atoms with Gasteiger partial charge in [0, 0.05) is 17.0 Å². The largest absolute Gasteiger partial charge is 0.504 e. The van der Waals surface area contributed by atoms with E-state index in [9.17, 15) is 20.1 Å². The predicted molar refractivity (Wildman–Crippen MR) is 81.4 cm³/mol. The van der Waals surface area contributed by atoms with Gasteiger partial charge in [-0.25, -0.2) is 0 Å². The number of rotatable bonds is 2. The molecule has 5 rings (SSSR count). The van der Waals surface area contributed by atoms with Gasteiger partial charge in [-0.2, -0.15) is 0 Å². The Kier molecular flexibility index (Phi) is 2.22. The second-order valence-corrected chi connectivity index (χ2v) is 7.00. The van der Waals surface area contributed by atoms with Gasteiger partial charge in [-0.3, -0.25) is 4.79 Å². The van der Waals surface area contributed by atoms with Gasteiger partial charge in [0.05, 0.1) is 0 Å². The zero-order chi connectivity index (χ0) is 15.9. The molecule has 2 aromatic rings. The summed E-state index contributed by atoms with van der Waals surface area (Å²) in [7, 11) is 0. The summed E-state index contributed by atoms with van der Waals surface area (Å²) in [5.74, 6) is 1.76. The number of fused-ring (bicyclic) bond motifs is 2. The van der Waals surface area contributed by atoms with Crippen LogP contribution in [0.25, 0.3) is 11.3 Å². The maximum absolute atomic E-state index is 12.2. The lowest BCUT2D eigenvalue weighted by molar-refractivity contribution is 0.242. The zero-order valence-corrected chi connectivity index (χ0v) is 12.3. The Balaban J connectivity index is 1.64. The van der Waals surface area contributed by atoms with Gasteiger partial charge in [-0.15, -0.1) is 0 Å². The van der Waals surface area contributed by atoms with Crippen LogP contribution in [0.1, 0.15) is 25.0 Å². The van der Waals surface area contributed by atoms with Gasteiger partial charge in [-0.05, 0) is 48.8 Å². The molecule has 0 amide bonds. The summed E-state index contributed by atoms with van der Waals surface area (Å²) in [6, 6.07) is 5.52. The maximum atomic E-state index is 12.2. The van der Waals surface area contributed by atoms with E-state index in [0.29, 0.717) is 23.2 Å². The molecule has 23 heavy (non-hydrogen) atoms. The van der Waals surface area contributed by atoms with Crippen LogP contribution in [0.4, 0.5) is 0 Å². The SMILES string of the molecule is O=c1cc(C23CCCC4C2C43)oc(-c2ccc(O)c(O)c2)c1O. The lowest BCUT2D eigenvalue weighted by Gasteiger charge is -2.31. The van der Waals surface area contributed by atoms with Crippen LogP contribution in [0.2, 0.25) is 0 Å². The monoisotopic (exact) mass is 312 g/mol. The first-order valence-electron chi connectivity index (χ1n) is 7.94. The van der Waals surface area contributed by atoms with E-state index in [1.807, 2.05) is 0 Å². The highest BCUT2D eigenvalue weighted by atomic mass is 16.4. The van der Waals surface area contributed by atoms with Crippen LogP contribution in [0.15, 0.2) is 33.5 Å². The topological polar surface area (TPSA) is 90.9 Å². The molecule has 1 aromatic carbocycles. The number of hydrogen-bond donors (Lipinski definition) is 3. The summed E-state index contributed by atoms with van der Waals surface area (Å²) < 4.78 is 5.93. The first-order valence-corrected chi connectivity index (χ1v) is 7.94. The van der Waals surface area contributed by atoms with Crippen molar-refractivity contribution in [3.05, 3.63) is 40.2 Å². The fraction of sp³-hybridized carbons (Fsp3) is 0.389. The van der Waals surface area contributed by atoms with Gasteiger partial charge in [0.25, 0.3) is 0 Å². The standard InChI is InChI=1S/C18H16O5/c19-10-4-3-8(6-11(10)20)17-16(22)12(21)7-13(23-17)18-5-1-2-9-14(18)15(9)18/h3-4,6-7,9,14-15,19-20,22H,1-2,5H2. The van der Waals surface area contributed by atoms with Crippen LogP contribution < -0.4 is 5.43 Å². The van der Waals surface area contributed by atoms with E-state index in [2.05, 4.69) is 0 Å². The van der Waals surface area contributed by atoms with Gasteiger partial charge in [0.1, 0.15) is 5.76 Å². The molecule has 1 aromatic heterocycles. The minimum atomic E-state index is -0.461. The molecule has 3 fully saturated rings. The van der Waals surface area contributed by atoms with E-state index in [0.717, 1.165) is 18.8 Å². The van der Waals surface area contributed by atoms with Crippen molar-refractivity contribution in [1.29, 1.82) is 0 Å². The van der Waals surface area contributed by atoms with Crippen molar-refractivity contribution in [2.45, 2.75) is 24.7 Å². The molecule has 3 aliphatic rings. The van der Waals surface area contributed by atoms with Crippen molar-refractivity contribution in [3.8, 4) is 28.6 Å². The normalized spacial score (nSPS) is 33.1. The van der Waals surface area contributed by atoms with E-state index in [1.165, 1.54) is 30.7 Å². The summed E-state index contributed by atoms with van der Waals surface area (Å²) in [4.78, 5) is 12.2. The van der Waals surface area contributed by atoms with Crippen LogP contribution in [0, 0.1) is 17.8 Å². The van der Waals surface area contributed by atoms with Crippen LogP contribution >= 0.6 is 0 Å². The Morgan fingerprint density at radius 3 is 2.57 bits per heavy atom. The Bertz CT molecular complexity index is 887. The van der Waals surface area contributed by atoms with Gasteiger partial charge < -0.3 is 19.7 Å². The predicted octanol–water partition coefficient (Wildman–Crippen LogP) is 2.72. The average Bonchev–Trinajstić information content (AvgIpc) is 3.44. The molecule has 3 aliphatic carbocycles. The zero-order valence-electron chi connectivity index (χ0n) is 12.3. The van der Waals surface area contributed by atoms with Crippen molar-refractivity contribution < 1.29 is 19.7 Å². The Morgan fingerprint density at radius 1 is 1.09 bits per heavy atom. The summed E-state index contributed by atoms with van der Waals surface area (Å²) in [5.41, 5.74) is -0.0878. The highest BCUT2D eigenvalue weighted by Gasteiger charge is 2.85. The molecule has 0 saturated heterocycles. The number of aromatic hydroxyl groups is 3. The molecule has 2 atom stereocenters. The summed E-state index contributed by atoms with van der Waals surface area (Å²) in [5, 5.41) is 29.2. The van der Waals surface area contributed by atoms with Crippen LogP contribution in [0.3, 0.4) is 0 Å². The lowest BCUT2D eigenvalue weighted by Crippen LogP contribution is -2.28. The maximum Gasteiger partial charge on any atom is 0.227 e. The number of phenols is 2. The molecule has 0 radical (unpaired) electrons. The van der Waals surface area contributed by atoms with Crippen molar-refractivity contribution in [3.63, 3.8) is 0 Å². The minimum absolute atomic E-state index is 0.00346. The minimum Gasteiger partial charge on any atom is -0.504 e. The molecular weight excluding hydrogens is 296 g/mol. The van der Waals surface area contributed by atoms with Gasteiger partial charge in [0.2, 0.25) is 11.2 Å². The molecule has 118 valence electrons. The second-order valence-electron chi connectivity index (χ2n) is 7.00. The summed E-state index contributed by atoms with van der Waals surface area (Å²) in [6.07, 6.45) is 3.46. The third-order valence-corrected chi connectivity index (χ3v) is 6.00. The van der Waals surface area contributed by atoms with E-state index in [1.54, 1.807) is 0 Å². The lowest BCUT2D eigenvalue weighted by atomic mass is 9.74. The van der Waals surface area contributed by atoms with Gasteiger partial charge >= 0.3 is 0 Å². The molecule has 1 heterocycles. The molecule has 0 spiro atoms. The van der Waals surface area contributed by atoms with Crippen molar-refractivity contribution in [1.82, 2.24) is 0 Å². The van der Waals surface area contributed by atoms with Gasteiger partial charge in [-0.1, -0.05) is 6.42 Å². The summed E-state index contributed by atoms with van der Waals surface area (Å²) >= 11 is 0. The fourth-order valence-corrected chi connectivity index (χ4v) is 4.87. The first kappa shape index (κ1) is 13.0. The molecule has 3 saturated carbocycles. The van der Waals surface area contributed by atoms with E-state index in [-0.39, 0.29) is 22.7 Å². The Morgan fingerprint density at radius 2 is 1.87 bits per heavy atom. The number of benzene rings is 1. The average molecular weight is 312 g/mol. The van der Waals surface area contributed by atoms with E-state index >= 15 is 0 Å². The Labute approximate surface area is 131 Å². The van der Waals surface area contributed by atoms with E-state index < -0.39 is 11.2 Å². The highest BCUT2D eigenvalue weighted by molar-refractivity contribution is 5.67. The third-order valence-electron chi connectivity index (χ3n) is 6.00. The number of hydrogen-bond acceptors (Lipinski definition) is 5. The smallest absolute Gasteiger partial charge is 0.227 e. The summed E-state index contributed by atoms with van der Waals surface area (Å²) in [6.45, 7) is 0. The van der Waals surface area contributed by atoms with Crippen LogP contribution in [-0.4, -0.2) is 15.3 Å². The molecule has 3 N–H and O–H groups in total. The quantitative estimate of drug-likeness (QED) is 0.742. The fourth-order valence-electron chi connectivity index (χ4n) is 4.87. The van der Waals surface area contributed by atoms with Crippen LogP contribution in [-0.2, 0) is 5.41 Å². The second kappa shape index (κ2) is 3.91. The molecule has 0 bridgehead atoms. The number of phenolic OH excluding ortho intramolecular Hbond substituents is 2. The highest BCUT2D eigenvalue weighted by Crippen LogP contribution is 2.86. The molecule has 5 heteroatoms. The van der Waals surface area contributed by atoms with Crippen molar-refractivity contribution in [2.75, 3.05) is 0 Å². The molecule has 0 aliphatic heterocycles. The van der Waals surface area contributed by atoms with Crippen molar-refractivity contribution >= 4 is 0 Å². The van der Waals surface area contributed by atoms with Gasteiger partial charge in [0.15, 0.2) is 17.3 Å². The van der Waals surface area contributed by atoms with E-state index in [4.69, 9.17) is 4.42 Å². The van der Waals surface area contributed by atoms with Crippen molar-refractivity contribution in [2.24, 2.45) is 17.8 Å². The van der Waals surface area contributed by atoms with Crippen LogP contribution in [0.5, 0.6) is 17.2 Å². The molecule has 2 unspecified atom stereocenters. The Hall–Kier alpha value is -2.43. The molecule has 5 nitrogen and oxygen atoms in total. The molecular formula is C18H16O5. The third kappa shape index (κ3) is 1.49.